The van der Waals surface area contributed by atoms with Gasteiger partial charge in [-0.1, -0.05) is 60.7 Å². The molecule has 0 bridgehead atoms. The van der Waals surface area contributed by atoms with Gasteiger partial charge in [0.15, 0.2) is 5.84 Å². The first-order valence-corrected chi connectivity index (χ1v) is 14.7. The largest absolute Gasteiger partial charge is 0.494 e. The van der Waals surface area contributed by atoms with E-state index in [1.54, 1.807) is 18.2 Å². The minimum Gasteiger partial charge on any atom is -0.494 e. The van der Waals surface area contributed by atoms with Gasteiger partial charge in [-0.25, -0.2) is 4.99 Å². The van der Waals surface area contributed by atoms with Crippen LogP contribution in [0.3, 0.4) is 0 Å². The molecule has 17 heteroatoms. The molecule has 3 N–H and O–H groups in total. The van der Waals surface area contributed by atoms with Crippen molar-refractivity contribution in [3.63, 3.8) is 0 Å². The molecular weight excluding hydrogens is 648 g/mol. The number of rotatable bonds is 12. The summed E-state index contributed by atoms with van der Waals surface area (Å²) in [6.07, 6.45) is 1.65. The number of nitrogens with one attached hydrogen (secondary N) is 3. The minimum atomic E-state index is -0.559. The molecule has 17 nitrogen and oxygen atoms in total. The number of aliphatic imine (C=N–C) groups is 1. The summed E-state index contributed by atoms with van der Waals surface area (Å²) in [6, 6.07) is 26.1. The van der Waals surface area contributed by atoms with Crippen LogP contribution in [0.4, 0.5) is 40.6 Å². The number of hydrogen-bond donors (Lipinski definition) is 3. The number of anilines is 5. The first-order chi connectivity index (χ1) is 24.2. The second-order valence-corrected chi connectivity index (χ2v) is 10.3. The molecule has 0 unspecified atom stereocenters. The molecule has 2 heterocycles. The van der Waals surface area contributed by atoms with Gasteiger partial charge in [-0.05, 0) is 23.8 Å². The molecule has 0 atom stereocenters. The number of benzene rings is 4. The standard InChI is InChI=1S/C33H26N10O7/c1-49-27-18-22(42(45)46)13-15-24(27)35-31-37-32(36-25-16-14-23(43(47)48)19-28(25)50-2)39-33(38-31)40-41-29(21-11-7-4-8-12-21)34-26(30(41)44)17-20-9-5-3-6-10-20/h3-19H,1-2H3,(H3,35,36,37,38,39,40)/b26-17+. The van der Waals surface area contributed by atoms with Gasteiger partial charge in [-0.15, -0.1) is 0 Å². The Morgan fingerprint density at radius 1 is 0.700 bits per heavy atom. The van der Waals surface area contributed by atoms with Crippen LogP contribution in [0, 0.1) is 20.2 Å². The van der Waals surface area contributed by atoms with Crippen molar-refractivity contribution in [3.8, 4) is 11.5 Å². The molecule has 1 aromatic heterocycles. The fourth-order valence-corrected chi connectivity index (χ4v) is 4.78. The maximum absolute atomic E-state index is 13.8. The second-order valence-electron chi connectivity index (χ2n) is 10.3. The molecule has 6 rings (SSSR count). The van der Waals surface area contributed by atoms with Gasteiger partial charge < -0.3 is 20.1 Å². The van der Waals surface area contributed by atoms with Crippen LogP contribution in [0.25, 0.3) is 6.08 Å². The van der Waals surface area contributed by atoms with E-state index in [-0.39, 0.29) is 63.6 Å². The number of nitrogens with zero attached hydrogens (tertiary/aromatic N) is 7. The van der Waals surface area contributed by atoms with Crippen molar-refractivity contribution in [1.29, 1.82) is 0 Å². The monoisotopic (exact) mass is 674 g/mol. The third-order valence-electron chi connectivity index (χ3n) is 7.13. The van der Waals surface area contributed by atoms with Crippen molar-refractivity contribution >= 4 is 58.4 Å². The first-order valence-electron chi connectivity index (χ1n) is 14.7. The summed E-state index contributed by atoms with van der Waals surface area (Å²) in [4.78, 5) is 53.4. The lowest BCUT2D eigenvalue weighted by Crippen LogP contribution is -2.38. The number of carbonyl (C=O) groups excluding carboxylic acids is 1. The molecule has 1 aliphatic rings. The minimum absolute atomic E-state index is 0.0667. The Hall–Kier alpha value is -7.43. The normalized spacial score (nSPS) is 13.1. The van der Waals surface area contributed by atoms with Gasteiger partial charge in [0.2, 0.25) is 17.8 Å². The molecule has 250 valence electrons. The molecular formula is C33H26N10O7. The van der Waals surface area contributed by atoms with E-state index in [0.29, 0.717) is 5.56 Å². The van der Waals surface area contributed by atoms with Gasteiger partial charge in [-0.2, -0.15) is 20.0 Å². The van der Waals surface area contributed by atoms with Crippen LogP contribution in [0.1, 0.15) is 11.1 Å². The van der Waals surface area contributed by atoms with Crippen molar-refractivity contribution in [1.82, 2.24) is 20.0 Å². The Labute approximate surface area is 283 Å². The highest BCUT2D eigenvalue weighted by Gasteiger charge is 2.32. The zero-order valence-corrected chi connectivity index (χ0v) is 26.3. The van der Waals surface area contributed by atoms with Gasteiger partial charge in [-0.3, -0.25) is 30.4 Å². The van der Waals surface area contributed by atoms with E-state index in [9.17, 15) is 25.0 Å². The van der Waals surface area contributed by atoms with Gasteiger partial charge in [0.1, 0.15) is 17.2 Å². The molecule has 1 aliphatic heterocycles. The van der Waals surface area contributed by atoms with E-state index in [1.807, 2.05) is 48.5 Å². The van der Waals surface area contributed by atoms with Crippen LogP contribution in [0.5, 0.6) is 11.5 Å². The summed E-state index contributed by atoms with van der Waals surface area (Å²) in [5, 5.41) is 29.8. The van der Waals surface area contributed by atoms with Crippen LogP contribution >= 0.6 is 0 Å². The van der Waals surface area contributed by atoms with Crippen molar-refractivity contribution in [3.05, 3.63) is 134 Å². The summed E-state index contributed by atoms with van der Waals surface area (Å²) in [5.41, 5.74) is 4.66. The summed E-state index contributed by atoms with van der Waals surface area (Å²) in [6.45, 7) is 0. The first kappa shape index (κ1) is 32.5. The van der Waals surface area contributed by atoms with Crippen molar-refractivity contribution < 1.29 is 24.1 Å². The maximum Gasteiger partial charge on any atom is 0.297 e. The van der Waals surface area contributed by atoms with E-state index in [4.69, 9.17) is 9.47 Å². The Bertz CT molecular complexity index is 2080. The van der Waals surface area contributed by atoms with Crippen LogP contribution in [0.15, 0.2) is 108 Å². The van der Waals surface area contributed by atoms with E-state index < -0.39 is 15.8 Å². The number of aromatic nitrogens is 3. The van der Waals surface area contributed by atoms with Gasteiger partial charge in [0.25, 0.3) is 17.3 Å². The Balaban J connectivity index is 1.41. The topological polar surface area (TPSA) is 212 Å². The van der Waals surface area contributed by atoms with E-state index in [1.165, 1.54) is 55.6 Å². The Kier molecular flexibility index (Phi) is 9.19. The third-order valence-corrected chi connectivity index (χ3v) is 7.13. The molecule has 50 heavy (non-hydrogen) atoms. The molecule has 0 saturated heterocycles. The van der Waals surface area contributed by atoms with Crippen LogP contribution in [-0.4, -0.2) is 55.8 Å². The zero-order valence-electron chi connectivity index (χ0n) is 26.3. The molecule has 0 fully saturated rings. The lowest BCUT2D eigenvalue weighted by Gasteiger charge is -2.20. The van der Waals surface area contributed by atoms with E-state index in [0.717, 1.165) is 5.56 Å². The van der Waals surface area contributed by atoms with Crippen LogP contribution < -0.4 is 25.5 Å². The number of carbonyl (C=O) groups is 1. The molecule has 0 spiro atoms. The summed E-state index contributed by atoms with van der Waals surface area (Å²) in [5.74, 6) is -0.216. The third kappa shape index (κ3) is 7.10. The predicted molar refractivity (Wildman–Crippen MR) is 184 cm³/mol. The Morgan fingerprint density at radius 3 is 1.70 bits per heavy atom. The van der Waals surface area contributed by atoms with Crippen molar-refractivity contribution in [2.45, 2.75) is 0 Å². The quantitative estimate of drug-likeness (QED) is 0.0806. The fourth-order valence-electron chi connectivity index (χ4n) is 4.78. The number of amidine groups is 1. The Morgan fingerprint density at radius 2 is 1.20 bits per heavy atom. The molecule has 1 amide bonds. The lowest BCUT2D eigenvalue weighted by atomic mass is 10.2. The fraction of sp³-hybridized carbons (Fsp3) is 0.0606. The molecule has 0 aliphatic carbocycles. The highest BCUT2D eigenvalue weighted by Crippen LogP contribution is 2.33. The summed E-state index contributed by atoms with van der Waals surface area (Å²) in [7, 11) is 2.70. The molecule has 0 saturated carbocycles. The van der Waals surface area contributed by atoms with E-state index in [2.05, 4.69) is 36.0 Å². The number of ether oxygens (including phenoxy) is 2. The van der Waals surface area contributed by atoms with Crippen molar-refractivity contribution in [2.24, 2.45) is 4.99 Å². The number of methoxy groups -OCH3 is 2. The van der Waals surface area contributed by atoms with Crippen LogP contribution in [-0.2, 0) is 4.79 Å². The number of hydrogen-bond acceptors (Lipinski definition) is 14. The van der Waals surface area contributed by atoms with Crippen LogP contribution in [0.2, 0.25) is 0 Å². The lowest BCUT2D eigenvalue weighted by molar-refractivity contribution is -0.385. The number of amides is 1. The van der Waals surface area contributed by atoms with Gasteiger partial charge in [0.05, 0.1) is 47.6 Å². The molecule has 4 aromatic carbocycles. The van der Waals surface area contributed by atoms with Gasteiger partial charge in [0, 0.05) is 17.7 Å². The SMILES string of the molecule is COc1cc([N+](=O)[O-])ccc1Nc1nc(Nc2ccc([N+](=O)[O-])cc2OC)nc(NN2C(=O)/C(=C\c3ccccc3)N=C2c2ccccc2)n1. The number of nitro benzene ring substituents is 2. The maximum atomic E-state index is 13.8. The summed E-state index contributed by atoms with van der Waals surface area (Å²) >= 11 is 0. The highest BCUT2D eigenvalue weighted by atomic mass is 16.6. The highest BCUT2D eigenvalue weighted by molar-refractivity contribution is 6.20. The van der Waals surface area contributed by atoms with Gasteiger partial charge >= 0.3 is 0 Å². The average Bonchev–Trinajstić information content (AvgIpc) is 3.42. The summed E-state index contributed by atoms with van der Waals surface area (Å²) < 4.78 is 10.7. The predicted octanol–water partition coefficient (Wildman–Crippen LogP) is 5.85. The molecule has 5 aromatic rings. The number of hydrazine groups is 1. The number of nitro groups is 2. The second kappa shape index (κ2) is 14.1. The zero-order chi connectivity index (χ0) is 35.2. The van der Waals surface area contributed by atoms with Crippen molar-refractivity contribution in [2.75, 3.05) is 30.3 Å². The smallest absolute Gasteiger partial charge is 0.297 e. The number of non-ortho nitro benzene ring substituents is 2. The average molecular weight is 675 g/mol. The van der Waals surface area contributed by atoms with E-state index >= 15 is 0 Å². The molecule has 0 radical (unpaired) electrons.